The third-order valence-electron chi connectivity index (χ3n) is 1.68. The van der Waals surface area contributed by atoms with Gasteiger partial charge in [0.25, 0.3) is 0 Å². The molecule has 0 aliphatic rings. The van der Waals surface area contributed by atoms with Crippen LogP contribution in [0.25, 0.3) is 0 Å². The van der Waals surface area contributed by atoms with E-state index in [9.17, 15) is 4.79 Å². The third-order valence-corrected chi connectivity index (χ3v) is 1.68. The quantitative estimate of drug-likeness (QED) is 0.729. The number of nitrogens with two attached hydrogens (primary N) is 1. The molecule has 0 aromatic heterocycles. The summed E-state index contributed by atoms with van der Waals surface area (Å²) in [6, 6.07) is 7.71. The van der Waals surface area contributed by atoms with Gasteiger partial charge in [-0.05, 0) is 30.7 Å². The number of carbonyl (C=O) groups excluding carboxylic acids is 1. The Bertz CT molecular complexity index is 297. The minimum atomic E-state index is -0.0510. The zero-order valence-corrected chi connectivity index (χ0v) is 7.71. The van der Waals surface area contributed by atoms with Crippen molar-refractivity contribution in [2.45, 2.75) is 13.3 Å². The lowest BCUT2D eigenvalue weighted by Crippen LogP contribution is -2.07. The Morgan fingerprint density at radius 2 is 2.31 bits per heavy atom. The molecular weight excluding hydrogens is 164 g/mol. The number of rotatable bonds is 3. The Labute approximate surface area is 77.9 Å². The Hall–Kier alpha value is -1.35. The fourth-order valence-corrected chi connectivity index (χ4v) is 1.17. The Morgan fingerprint density at radius 1 is 1.54 bits per heavy atom. The largest absolute Gasteiger partial charge is 0.330 e. The van der Waals surface area contributed by atoms with Crippen molar-refractivity contribution in [3.05, 3.63) is 29.8 Å². The summed E-state index contributed by atoms with van der Waals surface area (Å²) in [6.07, 6.45) is 0.841. The maximum atomic E-state index is 10.7. The van der Waals surface area contributed by atoms with E-state index in [1.807, 2.05) is 24.3 Å². The predicted molar refractivity (Wildman–Crippen MR) is 53.5 cm³/mol. The first-order valence-electron chi connectivity index (χ1n) is 4.29. The van der Waals surface area contributed by atoms with Gasteiger partial charge < -0.3 is 11.1 Å². The Morgan fingerprint density at radius 3 is 2.92 bits per heavy atom. The summed E-state index contributed by atoms with van der Waals surface area (Å²) in [5.74, 6) is -0.0510. The smallest absolute Gasteiger partial charge is 0.221 e. The molecule has 0 unspecified atom stereocenters. The SMILES string of the molecule is CC(=O)Nc1cccc(CCN)c1. The fourth-order valence-electron chi connectivity index (χ4n) is 1.17. The van der Waals surface area contributed by atoms with E-state index in [4.69, 9.17) is 5.73 Å². The molecule has 3 heteroatoms. The van der Waals surface area contributed by atoms with Gasteiger partial charge in [-0.3, -0.25) is 4.79 Å². The highest BCUT2D eigenvalue weighted by atomic mass is 16.1. The van der Waals surface area contributed by atoms with Crippen LogP contribution in [0.4, 0.5) is 5.69 Å². The van der Waals surface area contributed by atoms with Crippen molar-refractivity contribution in [2.24, 2.45) is 5.73 Å². The van der Waals surface area contributed by atoms with Gasteiger partial charge in [0.05, 0.1) is 0 Å². The Balaban J connectivity index is 2.73. The van der Waals surface area contributed by atoms with Gasteiger partial charge in [0, 0.05) is 12.6 Å². The minimum Gasteiger partial charge on any atom is -0.330 e. The second-order valence-corrected chi connectivity index (χ2v) is 2.92. The third kappa shape index (κ3) is 3.25. The average molecular weight is 178 g/mol. The van der Waals surface area contributed by atoms with Crippen molar-refractivity contribution in [3.63, 3.8) is 0 Å². The molecule has 1 rings (SSSR count). The maximum absolute atomic E-state index is 10.7. The normalized spacial score (nSPS) is 9.69. The lowest BCUT2D eigenvalue weighted by atomic mass is 10.1. The summed E-state index contributed by atoms with van der Waals surface area (Å²) in [4.78, 5) is 10.7. The molecule has 0 saturated heterocycles. The molecule has 0 atom stereocenters. The van der Waals surface area contributed by atoms with Crippen LogP contribution in [0.15, 0.2) is 24.3 Å². The molecular formula is C10H14N2O. The summed E-state index contributed by atoms with van der Waals surface area (Å²) in [5, 5.41) is 2.72. The van der Waals surface area contributed by atoms with E-state index in [0.29, 0.717) is 6.54 Å². The lowest BCUT2D eigenvalue weighted by Gasteiger charge is -2.04. The van der Waals surface area contributed by atoms with E-state index in [1.165, 1.54) is 6.92 Å². The summed E-state index contributed by atoms with van der Waals surface area (Å²) < 4.78 is 0. The number of anilines is 1. The number of nitrogens with one attached hydrogen (secondary N) is 1. The average Bonchev–Trinajstić information content (AvgIpc) is 2.04. The van der Waals surface area contributed by atoms with Gasteiger partial charge in [-0.15, -0.1) is 0 Å². The van der Waals surface area contributed by atoms with E-state index < -0.39 is 0 Å². The summed E-state index contributed by atoms with van der Waals surface area (Å²) >= 11 is 0. The highest BCUT2D eigenvalue weighted by Gasteiger charge is 1.96. The molecule has 0 aliphatic carbocycles. The van der Waals surface area contributed by atoms with Crippen molar-refractivity contribution in [3.8, 4) is 0 Å². The van der Waals surface area contributed by atoms with Crippen molar-refractivity contribution in [1.29, 1.82) is 0 Å². The fraction of sp³-hybridized carbons (Fsp3) is 0.300. The number of hydrogen-bond acceptors (Lipinski definition) is 2. The molecule has 70 valence electrons. The number of amides is 1. The van der Waals surface area contributed by atoms with Crippen molar-refractivity contribution < 1.29 is 4.79 Å². The maximum Gasteiger partial charge on any atom is 0.221 e. The first kappa shape index (κ1) is 9.74. The van der Waals surface area contributed by atoms with E-state index >= 15 is 0 Å². The number of carbonyl (C=O) groups is 1. The van der Waals surface area contributed by atoms with Crippen LogP contribution < -0.4 is 11.1 Å². The Kier molecular flexibility index (Phi) is 3.46. The van der Waals surface area contributed by atoms with Crippen LogP contribution >= 0.6 is 0 Å². The van der Waals surface area contributed by atoms with Gasteiger partial charge in [0.1, 0.15) is 0 Å². The van der Waals surface area contributed by atoms with Crippen LogP contribution in [0.1, 0.15) is 12.5 Å². The van der Waals surface area contributed by atoms with Crippen LogP contribution in [0.2, 0.25) is 0 Å². The number of benzene rings is 1. The monoisotopic (exact) mass is 178 g/mol. The van der Waals surface area contributed by atoms with Crippen LogP contribution in [0, 0.1) is 0 Å². The molecule has 3 N–H and O–H groups in total. The summed E-state index contributed by atoms with van der Waals surface area (Å²) in [7, 11) is 0. The first-order valence-corrected chi connectivity index (χ1v) is 4.29. The van der Waals surface area contributed by atoms with Gasteiger partial charge in [-0.25, -0.2) is 0 Å². The molecule has 0 radical (unpaired) electrons. The highest BCUT2D eigenvalue weighted by molar-refractivity contribution is 5.88. The van der Waals surface area contributed by atoms with Gasteiger partial charge in [0.15, 0.2) is 0 Å². The van der Waals surface area contributed by atoms with Crippen molar-refractivity contribution in [1.82, 2.24) is 0 Å². The second kappa shape index (κ2) is 4.62. The zero-order chi connectivity index (χ0) is 9.68. The van der Waals surface area contributed by atoms with E-state index in [2.05, 4.69) is 5.32 Å². The standard InChI is InChI=1S/C10H14N2O/c1-8(13)12-10-4-2-3-9(7-10)5-6-11/h2-4,7H,5-6,11H2,1H3,(H,12,13). The second-order valence-electron chi connectivity index (χ2n) is 2.92. The molecule has 13 heavy (non-hydrogen) atoms. The van der Waals surface area contributed by atoms with E-state index in [-0.39, 0.29) is 5.91 Å². The van der Waals surface area contributed by atoms with E-state index in [1.54, 1.807) is 0 Å². The molecule has 0 heterocycles. The van der Waals surface area contributed by atoms with Crippen LogP contribution in [0.3, 0.4) is 0 Å². The molecule has 0 saturated carbocycles. The summed E-state index contributed by atoms with van der Waals surface area (Å²) in [5.41, 5.74) is 7.40. The molecule has 3 nitrogen and oxygen atoms in total. The predicted octanol–water partition coefficient (Wildman–Crippen LogP) is 1.15. The molecule has 0 spiro atoms. The van der Waals surface area contributed by atoms with Crippen LogP contribution in [-0.4, -0.2) is 12.5 Å². The topological polar surface area (TPSA) is 55.1 Å². The lowest BCUT2D eigenvalue weighted by molar-refractivity contribution is -0.114. The van der Waals surface area contributed by atoms with Crippen molar-refractivity contribution >= 4 is 11.6 Å². The molecule has 0 fully saturated rings. The minimum absolute atomic E-state index is 0.0510. The highest BCUT2D eigenvalue weighted by Crippen LogP contribution is 2.10. The van der Waals surface area contributed by atoms with Gasteiger partial charge >= 0.3 is 0 Å². The zero-order valence-electron chi connectivity index (χ0n) is 7.71. The first-order chi connectivity index (χ1) is 6.22. The molecule has 1 aromatic rings. The summed E-state index contributed by atoms with van der Waals surface area (Å²) in [6.45, 7) is 2.12. The van der Waals surface area contributed by atoms with Gasteiger partial charge in [-0.2, -0.15) is 0 Å². The van der Waals surface area contributed by atoms with Crippen LogP contribution in [0.5, 0.6) is 0 Å². The van der Waals surface area contributed by atoms with Gasteiger partial charge in [0.2, 0.25) is 5.91 Å². The number of hydrogen-bond donors (Lipinski definition) is 2. The molecule has 1 aromatic carbocycles. The molecule has 0 bridgehead atoms. The molecule has 1 amide bonds. The van der Waals surface area contributed by atoms with Crippen molar-refractivity contribution in [2.75, 3.05) is 11.9 Å². The van der Waals surface area contributed by atoms with Crippen LogP contribution in [-0.2, 0) is 11.2 Å². The van der Waals surface area contributed by atoms with Gasteiger partial charge in [-0.1, -0.05) is 12.1 Å². The molecule has 0 aliphatic heterocycles. The van der Waals surface area contributed by atoms with E-state index in [0.717, 1.165) is 17.7 Å².